The molecule has 0 fully saturated rings. The SMILES string of the molecule is CCN(CC)c1ccc(CNC(=O)COc2ccccc2Cl)cc1. The lowest BCUT2D eigenvalue weighted by molar-refractivity contribution is -0.123. The van der Waals surface area contributed by atoms with Gasteiger partial charge in [0.2, 0.25) is 0 Å². The Morgan fingerprint density at radius 3 is 2.38 bits per heavy atom. The van der Waals surface area contributed by atoms with E-state index in [0.717, 1.165) is 18.7 Å². The number of hydrogen-bond acceptors (Lipinski definition) is 3. The second kappa shape index (κ2) is 9.18. The number of carbonyl (C=O) groups is 1. The van der Waals surface area contributed by atoms with Gasteiger partial charge in [-0.2, -0.15) is 0 Å². The van der Waals surface area contributed by atoms with E-state index in [1.54, 1.807) is 12.1 Å². The molecule has 0 bridgehead atoms. The van der Waals surface area contributed by atoms with E-state index in [2.05, 4.69) is 36.2 Å². The van der Waals surface area contributed by atoms with Crippen LogP contribution in [0.4, 0.5) is 5.69 Å². The van der Waals surface area contributed by atoms with Crippen molar-refractivity contribution in [1.82, 2.24) is 5.32 Å². The summed E-state index contributed by atoms with van der Waals surface area (Å²) in [5, 5.41) is 3.34. The monoisotopic (exact) mass is 346 g/mol. The molecule has 0 atom stereocenters. The number of anilines is 1. The molecule has 0 aromatic heterocycles. The van der Waals surface area contributed by atoms with Gasteiger partial charge in [-0.1, -0.05) is 35.9 Å². The fourth-order valence-electron chi connectivity index (χ4n) is 2.37. The Kier molecular flexibility index (Phi) is 6.94. The quantitative estimate of drug-likeness (QED) is 0.788. The van der Waals surface area contributed by atoms with E-state index in [1.807, 2.05) is 24.3 Å². The molecule has 4 nitrogen and oxygen atoms in total. The summed E-state index contributed by atoms with van der Waals surface area (Å²) in [6.45, 7) is 6.65. The number of carbonyl (C=O) groups excluding carboxylic acids is 1. The minimum absolute atomic E-state index is 0.0543. The molecule has 2 aromatic carbocycles. The average molecular weight is 347 g/mol. The van der Waals surface area contributed by atoms with Crippen LogP contribution in [0.5, 0.6) is 5.75 Å². The van der Waals surface area contributed by atoms with Crippen LogP contribution in [0.1, 0.15) is 19.4 Å². The Morgan fingerprint density at radius 2 is 1.75 bits per heavy atom. The Morgan fingerprint density at radius 1 is 1.08 bits per heavy atom. The number of benzene rings is 2. The summed E-state index contributed by atoms with van der Waals surface area (Å²) in [5.41, 5.74) is 2.24. The van der Waals surface area contributed by atoms with Gasteiger partial charge >= 0.3 is 0 Å². The number of nitrogens with one attached hydrogen (secondary N) is 1. The summed E-state index contributed by atoms with van der Waals surface area (Å²) in [4.78, 5) is 14.2. The molecular weight excluding hydrogens is 324 g/mol. The summed E-state index contributed by atoms with van der Waals surface area (Å²) in [7, 11) is 0. The number of ether oxygens (including phenoxy) is 1. The summed E-state index contributed by atoms with van der Waals surface area (Å²) < 4.78 is 5.42. The fraction of sp³-hybridized carbons (Fsp3) is 0.316. The highest BCUT2D eigenvalue weighted by Crippen LogP contribution is 2.22. The van der Waals surface area contributed by atoms with Crippen molar-refractivity contribution < 1.29 is 9.53 Å². The first-order chi connectivity index (χ1) is 11.6. The van der Waals surface area contributed by atoms with Crippen LogP contribution in [0, 0.1) is 0 Å². The largest absolute Gasteiger partial charge is 0.482 e. The van der Waals surface area contributed by atoms with Crippen molar-refractivity contribution in [2.45, 2.75) is 20.4 Å². The lowest BCUT2D eigenvalue weighted by Gasteiger charge is -2.21. The molecule has 24 heavy (non-hydrogen) atoms. The van der Waals surface area contributed by atoms with Gasteiger partial charge in [0, 0.05) is 25.3 Å². The molecule has 0 aliphatic heterocycles. The van der Waals surface area contributed by atoms with Crippen molar-refractivity contribution in [3.8, 4) is 5.75 Å². The van der Waals surface area contributed by atoms with Crippen molar-refractivity contribution in [3.63, 3.8) is 0 Å². The van der Waals surface area contributed by atoms with Crippen molar-refractivity contribution in [3.05, 3.63) is 59.1 Å². The minimum atomic E-state index is -0.178. The molecule has 0 aliphatic carbocycles. The van der Waals surface area contributed by atoms with Crippen LogP contribution >= 0.6 is 11.6 Å². The van der Waals surface area contributed by atoms with Gasteiger partial charge in [0.25, 0.3) is 5.91 Å². The summed E-state index contributed by atoms with van der Waals surface area (Å²) in [6, 6.07) is 15.3. The summed E-state index contributed by atoms with van der Waals surface area (Å²) >= 11 is 5.98. The smallest absolute Gasteiger partial charge is 0.258 e. The first-order valence-corrected chi connectivity index (χ1v) is 8.49. The molecule has 1 N–H and O–H groups in total. The number of rotatable bonds is 8. The van der Waals surface area contributed by atoms with Gasteiger partial charge in [-0.15, -0.1) is 0 Å². The second-order valence-corrected chi connectivity index (χ2v) is 5.74. The zero-order valence-electron chi connectivity index (χ0n) is 14.1. The summed E-state index contributed by atoms with van der Waals surface area (Å²) in [5.74, 6) is 0.334. The second-order valence-electron chi connectivity index (χ2n) is 5.33. The number of hydrogen-bond donors (Lipinski definition) is 1. The highest BCUT2D eigenvalue weighted by Gasteiger charge is 2.06. The van der Waals surface area contributed by atoms with Crippen LogP contribution in [0.2, 0.25) is 5.02 Å². The molecule has 128 valence electrons. The third-order valence-corrected chi connectivity index (χ3v) is 4.06. The Bertz CT molecular complexity index is 655. The van der Waals surface area contributed by atoms with E-state index in [4.69, 9.17) is 16.3 Å². The van der Waals surface area contributed by atoms with Crippen molar-refractivity contribution in [2.75, 3.05) is 24.6 Å². The first-order valence-electron chi connectivity index (χ1n) is 8.12. The average Bonchev–Trinajstić information content (AvgIpc) is 2.61. The Hall–Kier alpha value is -2.20. The molecule has 0 aliphatic rings. The molecule has 1 amide bonds. The minimum Gasteiger partial charge on any atom is -0.482 e. The molecule has 0 saturated carbocycles. The van der Waals surface area contributed by atoms with Crippen LogP contribution in [0.3, 0.4) is 0 Å². The zero-order valence-corrected chi connectivity index (χ0v) is 14.8. The number of nitrogens with zero attached hydrogens (tertiary/aromatic N) is 1. The maximum Gasteiger partial charge on any atom is 0.258 e. The number of amides is 1. The van der Waals surface area contributed by atoms with Crippen molar-refractivity contribution in [2.24, 2.45) is 0 Å². The standard InChI is InChI=1S/C19H23ClN2O2/c1-3-22(4-2)16-11-9-15(10-12-16)13-21-19(23)14-24-18-8-6-5-7-17(18)20/h5-12H,3-4,13-14H2,1-2H3,(H,21,23). The molecule has 2 aromatic rings. The van der Waals surface area contributed by atoms with Gasteiger partial charge in [0.15, 0.2) is 6.61 Å². The highest BCUT2D eigenvalue weighted by atomic mass is 35.5. The number of halogens is 1. The van der Waals surface area contributed by atoms with Gasteiger partial charge in [0.1, 0.15) is 5.75 Å². The van der Waals surface area contributed by atoms with Crippen molar-refractivity contribution >= 4 is 23.2 Å². The van der Waals surface area contributed by atoms with E-state index in [0.29, 0.717) is 17.3 Å². The fourth-order valence-corrected chi connectivity index (χ4v) is 2.56. The summed E-state index contributed by atoms with van der Waals surface area (Å²) in [6.07, 6.45) is 0. The van der Waals surface area contributed by atoms with E-state index in [9.17, 15) is 4.79 Å². The topological polar surface area (TPSA) is 41.6 Å². The van der Waals surface area contributed by atoms with E-state index in [-0.39, 0.29) is 12.5 Å². The maximum absolute atomic E-state index is 11.9. The van der Waals surface area contributed by atoms with Crippen LogP contribution < -0.4 is 15.0 Å². The zero-order chi connectivity index (χ0) is 17.4. The Labute approximate surface area is 148 Å². The van der Waals surface area contributed by atoms with E-state index in [1.165, 1.54) is 5.69 Å². The van der Waals surface area contributed by atoms with Gasteiger partial charge in [-0.25, -0.2) is 0 Å². The van der Waals surface area contributed by atoms with Crippen LogP contribution in [-0.4, -0.2) is 25.6 Å². The van der Waals surface area contributed by atoms with Gasteiger partial charge < -0.3 is 15.0 Å². The van der Waals surface area contributed by atoms with Crippen LogP contribution in [0.25, 0.3) is 0 Å². The molecule has 0 spiro atoms. The van der Waals surface area contributed by atoms with E-state index < -0.39 is 0 Å². The molecule has 2 rings (SSSR count). The molecule has 0 unspecified atom stereocenters. The van der Waals surface area contributed by atoms with Crippen LogP contribution in [-0.2, 0) is 11.3 Å². The highest BCUT2D eigenvalue weighted by molar-refractivity contribution is 6.32. The molecule has 0 heterocycles. The van der Waals surface area contributed by atoms with Gasteiger partial charge in [-0.3, -0.25) is 4.79 Å². The molecule has 0 radical (unpaired) electrons. The molecular formula is C19H23ClN2O2. The predicted molar refractivity (Wildman–Crippen MR) is 98.8 cm³/mol. The maximum atomic E-state index is 11.9. The molecule has 5 heteroatoms. The van der Waals surface area contributed by atoms with Gasteiger partial charge in [-0.05, 0) is 43.7 Å². The van der Waals surface area contributed by atoms with Crippen molar-refractivity contribution in [1.29, 1.82) is 0 Å². The predicted octanol–water partition coefficient (Wildman–Crippen LogP) is 3.88. The lowest BCUT2D eigenvalue weighted by atomic mass is 10.2. The third kappa shape index (κ3) is 5.17. The first kappa shape index (κ1) is 18.1. The normalized spacial score (nSPS) is 10.3. The molecule has 0 saturated heterocycles. The number of para-hydroxylation sites is 1. The lowest BCUT2D eigenvalue weighted by Crippen LogP contribution is -2.28. The Balaban J connectivity index is 1.80. The van der Waals surface area contributed by atoms with Gasteiger partial charge in [0.05, 0.1) is 5.02 Å². The van der Waals surface area contributed by atoms with E-state index >= 15 is 0 Å². The van der Waals surface area contributed by atoms with Crippen LogP contribution in [0.15, 0.2) is 48.5 Å². The third-order valence-electron chi connectivity index (χ3n) is 3.75.